The lowest BCUT2D eigenvalue weighted by Crippen LogP contribution is -2.32. The molecule has 0 aliphatic carbocycles. The third-order valence-corrected chi connectivity index (χ3v) is 2.87. The van der Waals surface area contributed by atoms with Gasteiger partial charge in [-0.05, 0) is 12.1 Å². The highest BCUT2D eigenvalue weighted by Gasteiger charge is 2.32. The number of benzene rings is 1. The van der Waals surface area contributed by atoms with Gasteiger partial charge in [0.1, 0.15) is 0 Å². The number of para-hydroxylation sites is 1. The summed E-state index contributed by atoms with van der Waals surface area (Å²) in [6.07, 6.45) is 0. The summed E-state index contributed by atoms with van der Waals surface area (Å²) in [6.45, 7) is 1.03. The van der Waals surface area contributed by atoms with Crippen molar-refractivity contribution >= 4 is 38.2 Å². The third-order valence-electron chi connectivity index (χ3n) is 2.29. The summed E-state index contributed by atoms with van der Waals surface area (Å²) in [4.78, 5) is 25.7. The minimum Gasteiger partial charge on any atom is -0.292 e. The maximum Gasteiger partial charge on any atom is 0.331 e. The van der Waals surface area contributed by atoms with E-state index in [0.29, 0.717) is 13.1 Å². The van der Waals surface area contributed by atoms with Crippen LogP contribution in [0, 0.1) is 0 Å². The molecule has 4 nitrogen and oxygen atoms in total. The van der Waals surface area contributed by atoms with E-state index in [1.165, 1.54) is 4.90 Å². The van der Waals surface area contributed by atoms with Gasteiger partial charge in [0.2, 0.25) is 0 Å². The molecule has 5 heteroatoms. The average molecular weight is 316 g/mol. The van der Waals surface area contributed by atoms with Gasteiger partial charge in [0, 0.05) is 41.4 Å². The fourth-order valence-electron chi connectivity index (χ4n) is 1.55. The van der Waals surface area contributed by atoms with Gasteiger partial charge < -0.3 is 0 Å². The molecule has 1 aliphatic rings. The molecule has 1 fully saturated rings. The molecule has 0 saturated carbocycles. The second kappa shape index (κ2) is 4.18. The fourth-order valence-corrected chi connectivity index (χ4v) is 2.00. The topological polar surface area (TPSA) is 40.6 Å². The lowest BCUT2D eigenvalue weighted by Gasteiger charge is -2.15. The van der Waals surface area contributed by atoms with Gasteiger partial charge in [-0.2, -0.15) is 0 Å². The van der Waals surface area contributed by atoms with E-state index in [1.54, 1.807) is 27.5 Å². The van der Waals surface area contributed by atoms with E-state index in [2.05, 4.69) is 0 Å². The van der Waals surface area contributed by atoms with E-state index in [1.807, 2.05) is 30.3 Å². The molecule has 1 aliphatic heterocycles. The zero-order chi connectivity index (χ0) is 10.8. The standard InChI is InChI=1S/C10H9IN2O2/c11-9(14)13-7-6-12(10(13)15)8-4-2-1-3-5-8/h1-5H,6-7H2. The van der Waals surface area contributed by atoms with E-state index in [9.17, 15) is 9.59 Å². The Balaban J connectivity index is 2.21. The Morgan fingerprint density at radius 1 is 1.20 bits per heavy atom. The number of imide groups is 1. The van der Waals surface area contributed by atoms with Crippen LogP contribution < -0.4 is 4.90 Å². The van der Waals surface area contributed by atoms with E-state index in [0.717, 1.165) is 5.69 Å². The lowest BCUT2D eigenvalue weighted by molar-refractivity contribution is 0.217. The first-order valence-corrected chi connectivity index (χ1v) is 5.61. The first kappa shape index (κ1) is 10.4. The molecular weight excluding hydrogens is 307 g/mol. The molecule has 0 atom stereocenters. The summed E-state index contributed by atoms with van der Waals surface area (Å²) in [5.74, 6) is 0. The molecule has 0 aromatic heterocycles. The summed E-state index contributed by atoms with van der Waals surface area (Å²) >= 11 is 1.63. The number of hydrogen-bond acceptors (Lipinski definition) is 2. The van der Waals surface area contributed by atoms with Gasteiger partial charge in [-0.1, -0.05) is 18.2 Å². The number of carbonyl (C=O) groups excluding carboxylic acids is 2. The highest BCUT2D eigenvalue weighted by Crippen LogP contribution is 2.20. The fraction of sp³-hybridized carbons (Fsp3) is 0.200. The Bertz CT molecular complexity index is 394. The number of amides is 3. The molecule has 3 amide bonds. The van der Waals surface area contributed by atoms with Crippen molar-refractivity contribution in [3.8, 4) is 0 Å². The maximum absolute atomic E-state index is 11.8. The molecule has 1 heterocycles. The number of anilines is 1. The average Bonchev–Trinajstić information content (AvgIpc) is 2.61. The minimum atomic E-state index is -0.236. The second-order valence-electron chi connectivity index (χ2n) is 3.17. The molecule has 1 aromatic rings. The quantitative estimate of drug-likeness (QED) is 0.454. The molecule has 1 aromatic carbocycles. The van der Waals surface area contributed by atoms with Gasteiger partial charge in [0.05, 0.1) is 0 Å². The summed E-state index contributed by atoms with van der Waals surface area (Å²) in [5, 5.41) is 0. The first-order valence-electron chi connectivity index (χ1n) is 4.53. The van der Waals surface area contributed by atoms with Gasteiger partial charge in [-0.25, -0.2) is 4.79 Å². The molecule has 0 N–H and O–H groups in total. The molecule has 15 heavy (non-hydrogen) atoms. The minimum absolute atomic E-state index is 0.226. The summed E-state index contributed by atoms with van der Waals surface area (Å²) in [7, 11) is 0. The van der Waals surface area contributed by atoms with Crippen LogP contribution in [-0.2, 0) is 0 Å². The number of carbonyl (C=O) groups is 2. The zero-order valence-corrected chi connectivity index (χ0v) is 10.0. The van der Waals surface area contributed by atoms with Crippen molar-refractivity contribution < 1.29 is 9.59 Å². The number of nitrogens with zero attached hydrogens (tertiary/aromatic N) is 2. The van der Waals surface area contributed by atoms with Crippen molar-refractivity contribution in [3.05, 3.63) is 30.3 Å². The van der Waals surface area contributed by atoms with Crippen LogP contribution in [0.5, 0.6) is 0 Å². The van der Waals surface area contributed by atoms with Crippen LogP contribution in [0.2, 0.25) is 0 Å². The Kier molecular flexibility index (Phi) is 2.90. The van der Waals surface area contributed by atoms with Crippen LogP contribution in [0.4, 0.5) is 15.3 Å². The molecule has 0 unspecified atom stereocenters. The SMILES string of the molecule is O=C(I)N1CCN(c2ccccc2)C1=O. The largest absolute Gasteiger partial charge is 0.331 e. The Morgan fingerprint density at radius 3 is 2.40 bits per heavy atom. The van der Waals surface area contributed by atoms with E-state index in [-0.39, 0.29) is 9.95 Å². The number of urea groups is 1. The highest BCUT2D eigenvalue weighted by atomic mass is 127. The van der Waals surface area contributed by atoms with Crippen molar-refractivity contribution in [2.75, 3.05) is 18.0 Å². The van der Waals surface area contributed by atoms with Crippen LogP contribution in [0.1, 0.15) is 0 Å². The summed E-state index contributed by atoms with van der Waals surface area (Å²) in [5.41, 5.74) is 0.836. The zero-order valence-electron chi connectivity index (χ0n) is 7.89. The van der Waals surface area contributed by atoms with Crippen LogP contribution in [-0.4, -0.2) is 27.9 Å². The molecule has 0 radical (unpaired) electrons. The Hall–Kier alpha value is -1.11. The second-order valence-corrected chi connectivity index (χ2v) is 4.10. The maximum atomic E-state index is 11.8. The van der Waals surface area contributed by atoms with Crippen LogP contribution >= 0.6 is 22.6 Å². The number of halogens is 1. The normalized spacial score (nSPS) is 15.9. The Labute approximate surface area is 101 Å². The molecule has 0 spiro atoms. The van der Waals surface area contributed by atoms with Gasteiger partial charge in [0.15, 0.2) is 0 Å². The monoisotopic (exact) mass is 316 g/mol. The third kappa shape index (κ3) is 1.97. The summed E-state index contributed by atoms with van der Waals surface area (Å²) in [6, 6.07) is 9.12. The van der Waals surface area contributed by atoms with Crippen LogP contribution in [0.3, 0.4) is 0 Å². The van der Waals surface area contributed by atoms with Gasteiger partial charge >= 0.3 is 6.03 Å². The first-order chi connectivity index (χ1) is 7.20. The molecule has 2 rings (SSSR count). The molecular formula is C10H9IN2O2. The van der Waals surface area contributed by atoms with Crippen molar-refractivity contribution in [2.45, 2.75) is 0 Å². The van der Waals surface area contributed by atoms with E-state index in [4.69, 9.17) is 0 Å². The summed E-state index contributed by atoms with van der Waals surface area (Å²) < 4.78 is -0.226. The predicted octanol–water partition coefficient (Wildman–Crippen LogP) is 2.48. The molecule has 0 bridgehead atoms. The van der Waals surface area contributed by atoms with Crippen LogP contribution in [0.15, 0.2) is 30.3 Å². The molecule has 1 saturated heterocycles. The van der Waals surface area contributed by atoms with Crippen molar-refractivity contribution in [3.63, 3.8) is 0 Å². The number of rotatable bonds is 1. The van der Waals surface area contributed by atoms with Crippen molar-refractivity contribution in [1.29, 1.82) is 0 Å². The van der Waals surface area contributed by atoms with Crippen molar-refractivity contribution in [1.82, 2.24) is 4.90 Å². The van der Waals surface area contributed by atoms with Gasteiger partial charge in [-0.3, -0.25) is 14.6 Å². The van der Waals surface area contributed by atoms with E-state index >= 15 is 0 Å². The van der Waals surface area contributed by atoms with E-state index < -0.39 is 0 Å². The van der Waals surface area contributed by atoms with Crippen LogP contribution in [0.25, 0.3) is 0 Å². The number of hydrogen-bond donors (Lipinski definition) is 0. The van der Waals surface area contributed by atoms with Crippen molar-refractivity contribution in [2.24, 2.45) is 0 Å². The predicted molar refractivity (Wildman–Crippen MR) is 65.3 cm³/mol. The van der Waals surface area contributed by atoms with Gasteiger partial charge in [0.25, 0.3) is 3.91 Å². The van der Waals surface area contributed by atoms with Gasteiger partial charge in [-0.15, -0.1) is 0 Å². The Morgan fingerprint density at radius 2 is 1.87 bits per heavy atom. The smallest absolute Gasteiger partial charge is 0.292 e. The molecule has 78 valence electrons. The lowest BCUT2D eigenvalue weighted by atomic mass is 10.3. The highest BCUT2D eigenvalue weighted by molar-refractivity contribution is 14.1.